The summed E-state index contributed by atoms with van der Waals surface area (Å²) in [6.07, 6.45) is -0.161. The van der Waals surface area contributed by atoms with Crippen LogP contribution in [0.2, 0.25) is 0 Å². The van der Waals surface area contributed by atoms with Crippen LogP contribution in [0.1, 0.15) is 27.1 Å². The summed E-state index contributed by atoms with van der Waals surface area (Å²) in [7, 11) is 0. The lowest BCUT2D eigenvalue weighted by Crippen LogP contribution is -2.14. The largest absolute Gasteiger partial charge is 0.400 e. The Morgan fingerprint density at radius 1 is 0.909 bits per heavy atom. The molecule has 0 atom stereocenters. The lowest BCUT2D eigenvalue weighted by atomic mass is 9.99. The lowest BCUT2D eigenvalue weighted by molar-refractivity contribution is 0.0992. The fourth-order valence-corrected chi connectivity index (χ4v) is 1.99. The van der Waals surface area contributed by atoms with Crippen molar-refractivity contribution >= 4 is 11.6 Å². The Kier molecular flexibility index (Phi) is 4.84. The van der Waals surface area contributed by atoms with Crippen LogP contribution in [0.15, 0.2) is 71.9 Å². The van der Waals surface area contributed by atoms with E-state index in [4.69, 9.17) is 5.73 Å². The van der Waals surface area contributed by atoms with Crippen LogP contribution < -0.4 is 5.73 Å². The molecule has 0 aliphatic rings. The Bertz CT molecular complexity index is 757. The van der Waals surface area contributed by atoms with E-state index < -0.39 is 5.78 Å². The summed E-state index contributed by atoms with van der Waals surface area (Å²) in [5.74, 6) is -0.701. The van der Waals surface area contributed by atoms with Crippen molar-refractivity contribution in [3.8, 4) is 6.07 Å². The number of rotatable bonds is 5. The van der Waals surface area contributed by atoms with Gasteiger partial charge in [-0.05, 0) is 0 Å². The predicted octanol–water partition coefficient (Wildman–Crippen LogP) is 2.88. The van der Waals surface area contributed by atoms with E-state index in [0.717, 1.165) is 0 Å². The van der Waals surface area contributed by atoms with Crippen molar-refractivity contribution in [3.63, 3.8) is 0 Å². The van der Waals surface area contributed by atoms with Crippen molar-refractivity contribution in [2.45, 2.75) is 6.42 Å². The summed E-state index contributed by atoms with van der Waals surface area (Å²) in [6, 6.07) is 18.8. The number of hydrogen-bond donors (Lipinski definition) is 1. The van der Waals surface area contributed by atoms with E-state index >= 15 is 0 Å². The Labute approximate surface area is 128 Å². The zero-order valence-corrected chi connectivity index (χ0v) is 11.8. The highest BCUT2D eigenvalue weighted by Gasteiger charge is 2.17. The van der Waals surface area contributed by atoms with Crippen LogP contribution in [0, 0.1) is 11.3 Å². The fourth-order valence-electron chi connectivity index (χ4n) is 1.99. The summed E-state index contributed by atoms with van der Waals surface area (Å²) < 4.78 is 0. The van der Waals surface area contributed by atoms with Crippen molar-refractivity contribution < 1.29 is 9.59 Å². The van der Waals surface area contributed by atoms with Gasteiger partial charge in [0.25, 0.3) is 0 Å². The quantitative estimate of drug-likeness (QED) is 0.521. The minimum Gasteiger partial charge on any atom is -0.400 e. The average Bonchev–Trinajstić information content (AvgIpc) is 2.57. The molecule has 0 saturated carbocycles. The van der Waals surface area contributed by atoms with Gasteiger partial charge in [-0.3, -0.25) is 9.59 Å². The number of benzene rings is 2. The molecule has 2 aromatic rings. The number of Topliss-reactive ketones (excluding diaryl/α,β-unsaturated/α-hetero) is 2. The normalized spacial score (nSPS) is 11.2. The van der Waals surface area contributed by atoms with Gasteiger partial charge >= 0.3 is 0 Å². The molecule has 0 radical (unpaired) electrons. The molecule has 0 heterocycles. The van der Waals surface area contributed by atoms with E-state index in [2.05, 4.69) is 0 Å². The van der Waals surface area contributed by atoms with Gasteiger partial charge in [-0.25, -0.2) is 0 Å². The van der Waals surface area contributed by atoms with E-state index in [-0.39, 0.29) is 23.5 Å². The molecular formula is C18H14N2O2. The number of carbonyl (C=O) groups excluding carboxylic acids is 2. The van der Waals surface area contributed by atoms with Crippen LogP contribution in [-0.2, 0) is 0 Å². The molecule has 0 bridgehead atoms. The van der Waals surface area contributed by atoms with Gasteiger partial charge in [0, 0.05) is 16.8 Å². The number of carbonyl (C=O) groups is 2. The highest BCUT2D eigenvalue weighted by Crippen LogP contribution is 2.14. The van der Waals surface area contributed by atoms with Crippen LogP contribution in [0.5, 0.6) is 0 Å². The molecule has 0 aliphatic carbocycles. The van der Waals surface area contributed by atoms with Gasteiger partial charge in [0.05, 0.1) is 6.42 Å². The first-order chi connectivity index (χ1) is 10.6. The van der Waals surface area contributed by atoms with E-state index in [0.29, 0.717) is 11.1 Å². The van der Waals surface area contributed by atoms with Gasteiger partial charge in [-0.1, -0.05) is 60.7 Å². The first-order valence-electron chi connectivity index (χ1n) is 6.70. The molecule has 0 aliphatic heterocycles. The molecule has 22 heavy (non-hydrogen) atoms. The maximum atomic E-state index is 12.3. The Hall–Kier alpha value is -3.19. The van der Waals surface area contributed by atoms with Crippen LogP contribution >= 0.6 is 0 Å². The van der Waals surface area contributed by atoms with E-state index in [1.54, 1.807) is 60.7 Å². The van der Waals surface area contributed by atoms with Gasteiger partial charge in [0.2, 0.25) is 5.78 Å². The Morgan fingerprint density at radius 3 is 1.91 bits per heavy atom. The molecule has 0 amide bonds. The van der Waals surface area contributed by atoms with Crippen LogP contribution in [-0.4, -0.2) is 11.6 Å². The number of nitrogens with zero attached hydrogens (tertiary/aromatic N) is 1. The monoisotopic (exact) mass is 290 g/mol. The average molecular weight is 290 g/mol. The molecule has 2 rings (SSSR count). The minimum atomic E-state index is -0.471. The standard InChI is InChI=1S/C18H14N2O2/c19-12-15(18(22)14-9-5-2-6-10-14)16(20)11-17(21)13-7-3-1-4-8-13/h1-10H,11,20H2. The topological polar surface area (TPSA) is 83.9 Å². The maximum absolute atomic E-state index is 12.3. The zero-order chi connectivity index (χ0) is 15.9. The van der Waals surface area contributed by atoms with Gasteiger partial charge in [0.1, 0.15) is 11.6 Å². The summed E-state index contributed by atoms with van der Waals surface area (Å²) in [6.45, 7) is 0. The summed E-state index contributed by atoms with van der Waals surface area (Å²) in [4.78, 5) is 24.4. The number of ketones is 2. The van der Waals surface area contributed by atoms with Crippen molar-refractivity contribution in [1.29, 1.82) is 5.26 Å². The van der Waals surface area contributed by atoms with Crippen molar-refractivity contribution in [2.75, 3.05) is 0 Å². The summed E-state index contributed by atoms with van der Waals surface area (Å²) in [5.41, 5.74) is 6.49. The number of allylic oxidation sites excluding steroid dienone is 2. The second-order valence-corrected chi connectivity index (χ2v) is 4.67. The first kappa shape index (κ1) is 15.2. The highest BCUT2D eigenvalue weighted by atomic mass is 16.1. The maximum Gasteiger partial charge on any atom is 0.205 e. The first-order valence-corrected chi connectivity index (χ1v) is 6.70. The molecular weight excluding hydrogens is 276 g/mol. The van der Waals surface area contributed by atoms with E-state index in [9.17, 15) is 14.9 Å². The second-order valence-electron chi connectivity index (χ2n) is 4.67. The van der Waals surface area contributed by atoms with Gasteiger partial charge < -0.3 is 5.73 Å². The zero-order valence-electron chi connectivity index (χ0n) is 11.8. The predicted molar refractivity (Wildman–Crippen MR) is 83.0 cm³/mol. The van der Waals surface area contributed by atoms with E-state index in [1.807, 2.05) is 6.07 Å². The SMILES string of the molecule is N#CC(C(=O)c1ccccc1)=C(N)CC(=O)c1ccccc1. The molecule has 0 fully saturated rings. The van der Waals surface area contributed by atoms with Crippen LogP contribution in [0.3, 0.4) is 0 Å². The molecule has 2 N–H and O–H groups in total. The third-order valence-corrected chi connectivity index (χ3v) is 3.14. The second kappa shape index (κ2) is 7.00. The highest BCUT2D eigenvalue weighted by molar-refractivity contribution is 6.12. The number of nitriles is 1. The molecule has 0 spiro atoms. The van der Waals surface area contributed by atoms with Gasteiger partial charge in [-0.15, -0.1) is 0 Å². The number of nitrogens with two attached hydrogens (primary N) is 1. The lowest BCUT2D eigenvalue weighted by Gasteiger charge is -2.05. The van der Waals surface area contributed by atoms with Crippen LogP contribution in [0.25, 0.3) is 0 Å². The minimum absolute atomic E-state index is 0.00907. The van der Waals surface area contributed by atoms with Crippen molar-refractivity contribution in [1.82, 2.24) is 0 Å². The molecule has 0 saturated heterocycles. The number of hydrogen-bond acceptors (Lipinski definition) is 4. The third-order valence-electron chi connectivity index (χ3n) is 3.14. The molecule has 4 nitrogen and oxygen atoms in total. The Balaban J connectivity index is 2.25. The molecule has 0 unspecified atom stereocenters. The van der Waals surface area contributed by atoms with E-state index in [1.165, 1.54) is 0 Å². The summed E-state index contributed by atoms with van der Waals surface area (Å²) in [5, 5.41) is 9.19. The van der Waals surface area contributed by atoms with Crippen molar-refractivity contribution in [3.05, 3.63) is 83.1 Å². The Morgan fingerprint density at radius 2 is 1.41 bits per heavy atom. The fraction of sp³-hybridized carbons (Fsp3) is 0.0556. The van der Waals surface area contributed by atoms with Crippen LogP contribution in [0.4, 0.5) is 0 Å². The molecule has 2 aromatic carbocycles. The molecule has 108 valence electrons. The van der Waals surface area contributed by atoms with Gasteiger partial charge in [0.15, 0.2) is 5.78 Å². The molecule has 0 aromatic heterocycles. The third kappa shape index (κ3) is 3.47. The summed E-state index contributed by atoms with van der Waals surface area (Å²) >= 11 is 0. The van der Waals surface area contributed by atoms with Crippen molar-refractivity contribution in [2.24, 2.45) is 5.73 Å². The molecule has 4 heteroatoms. The van der Waals surface area contributed by atoms with Gasteiger partial charge in [-0.2, -0.15) is 5.26 Å². The smallest absolute Gasteiger partial charge is 0.205 e.